The molecule has 0 bridgehead atoms. The fourth-order valence-electron chi connectivity index (χ4n) is 2.17. The molecule has 0 radical (unpaired) electrons. The largest absolute Gasteiger partial charge is 0.472 e. The monoisotopic (exact) mass is 335 g/mol. The van der Waals surface area contributed by atoms with E-state index in [0.29, 0.717) is 5.88 Å². The lowest BCUT2D eigenvalue weighted by atomic mass is 10.2. The Hall–Kier alpha value is -2.52. The number of hydrogen-bond donors (Lipinski definition) is 0. The minimum Gasteiger partial charge on any atom is -0.472 e. The van der Waals surface area contributed by atoms with Gasteiger partial charge in [0.1, 0.15) is 6.10 Å². The van der Waals surface area contributed by atoms with Crippen LogP contribution in [0.2, 0.25) is 0 Å². The van der Waals surface area contributed by atoms with Crippen molar-refractivity contribution in [2.24, 2.45) is 0 Å². The number of ether oxygens (including phenoxy) is 1. The van der Waals surface area contributed by atoms with Gasteiger partial charge in [-0.2, -0.15) is 4.31 Å². The zero-order valence-corrected chi connectivity index (χ0v) is 12.7. The van der Waals surface area contributed by atoms with Crippen LogP contribution in [-0.2, 0) is 10.0 Å². The summed E-state index contributed by atoms with van der Waals surface area (Å²) < 4.78 is 31.6. The number of nitro groups is 1. The van der Waals surface area contributed by atoms with Crippen molar-refractivity contribution in [3.8, 4) is 5.88 Å². The van der Waals surface area contributed by atoms with E-state index in [0.717, 1.165) is 6.07 Å². The van der Waals surface area contributed by atoms with Gasteiger partial charge < -0.3 is 4.74 Å². The molecule has 1 aromatic heterocycles. The highest BCUT2D eigenvalue weighted by Crippen LogP contribution is 2.26. The summed E-state index contributed by atoms with van der Waals surface area (Å²) in [7, 11) is -3.75. The molecule has 0 atom stereocenters. The minimum absolute atomic E-state index is 0.0945. The van der Waals surface area contributed by atoms with Crippen LogP contribution in [0.4, 0.5) is 5.69 Å². The maximum Gasteiger partial charge on any atom is 0.270 e. The van der Waals surface area contributed by atoms with Crippen LogP contribution in [0.3, 0.4) is 0 Å². The molecule has 0 aliphatic carbocycles. The third-order valence-electron chi connectivity index (χ3n) is 3.41. The maximum absolute atomic E-state index is 12.4. The van der Waals surface area contributed by atoms with Gasteiger partial charge in [-0.3, -0.25) is 10.1 Å². The van der Waals surface area contributed by atoms with E-state index in [-0.39, 0.29) is 29.8 Å². The number of hydrogen-bond acceptors (Lipinski definition) is 6. The zero-order chi connectivity index (χ0) is 16.4. The van der Waals surface area contributed by atoms with Gasteiger partial charge in [-0.15, -0.1) is 0 Å². The highest BCUT2D eigenvalue weighted by atomic mass is 32.2. The van der Waals surface area contributed by atoms with Gasteiger partial charge in [0.2, 0.25) is 15.9 Å². The summed E-state index contributed by atoms with van der Waals surface area (Å²) in [6.45, 7) is 0.364. The SMILES string of the molecule is O=[N+]([O-])c1cccc(S(=O)(=O)N2CC(Oc3ccccn3)C2)c1. The number of benzene rings is 1. The Morgan fingerprint density at radius 1 is 1.22 bits per heavy atom. The molecule has 1 aliphatic heterocycles. The van der Waals surface area contributed by atoms with Crippen molar-refractivity contribution in [1.29, 1.82) is 0 Å². The molecular formula is C14H13N3O5S. The first-order valence-electron chi connectivity index (χ1n) is 6.79. The van der Waals surface area contributed by atoms with Gasteiger partial charge in [0, 0.05) is 24.4 Å². The topological polar surface area (TPSA) is 103 Å². The number of pyridine rings is 1. The average molecular weight is 335 g/mol. The summed E-state index contributed by atoms with van der Waals surface area (Å²) in [6, 6.07) is 10.2. The molecule has 120 valence electrons. The van der Waals surface area contributed by atoms with E-state index in [1.807, 2.05) is 0 Å². The summed E-state index contributed by atoms with van der Waals surface area (Å²) in [4.78, 5) is 14.1. The molecule has 3 rings (SSSR count). The molecule has 0 spiro atoms. The first-order chi connectivity index (χ1) is 11.0. The van der Waals surface area contributed by atoms with Crippen molar-refractivity contribution in [1.82, 2.24) is 9.29 Å². The molecule has 2 aromatic rings. The minimum atomic E-state index is -3.75. The Bertz CT molecular complexity index is 819. The van der Waals surface area contributed by atoms with Crippen molar-refractivity contribution in [2.75, 3.05) is 13.1 Å². The third-order valence-corrected chi connectivity index (χ3v) is 5.23. The van der Waals surface area contributed by atoms with Crippen LogP contribution in [0.1, 0.15) is 0 Å². The van der Waals surface area contributed by atoms with Gasteiger partial charge in [0.05, 0.1) is 22.9 Å². The van der Waals surface area contributed by atoms with Gasteiger partial charge in [-0.05, 0) is 12.1 Å². The van der Waals surface area contributed by atoms with Crippen LogP contribution in [0.5, 0.6) is 5.88 Å². The molecule has 0 amide bonds. The highest BCUT2D eigenvalue weighted by Gasteiger charge is 2.38. The van der Waals surface area contributed by atoms with E-state index in [2.05, 4.69) is 4.98 Å². The number of non-ortho nitro benzene ring substituents is 1. The van der Waals surface area contributed by atoms with Gasteiger partial charge in [0.15, 0.2) is 0 Å². The van der Waals surface area contributed by atoms with Gasteiger partial charge in [0.25, 0.3) is 5.69 Å². The molecule has 1 fully saturated rings. The smallest absolute Gasteiger partial charge is 0.270 e. The number of rotatable bonds is 5. The molecule has 8 nitrogen and oxygen atoms in total. The quantitative estimate of drug-likeness (QED) is 0.605. The fourth-order valence-corrected chi connectivity index (χ4v) is 3.71. The second kappa shape index (κ2) is 5.94. The first-order valence-corrected chi connectivity index (χ1v) is 8.23. The average Bonchev–Trinajstić information content (AvgIpc) is 2.51. The number of sulfonamides is 1. The van der Waals surface area contributed by atoms with Crippen molar-refractivity contribution >= 4 is 15.7 Å². The number of aromatic nitrogens is 1. The third kappa shape index (κ3) is 3.15. The van der Waals surface area contributed by atoms with Gasteiger partial charge >= 0.3 is 0 Å². The van der Waals surface area contributed by atoms with E-state index >= 15 is 0 Å². The van der Waals surface area contributed by atoms with Gasteiger partial charge in [-0.25, -0.2) is 13.4 Å². The lowest BCUT2D eigenvalue weighted by Crippen LogP contribution is -2.56. The van der Waals surface area contributed by atoms with Crippen LogP contribution in [0.15, 0.2) is 53.6 Å². The van der Waals surface area contributed by atoms with Crippen LogP contribution in [0, 0.1) is 10.1 Å². The van der Waals surface area contributed by atoms with Crippen LogP contribution < -0.4 is 4.74 Å². The predicted molar refractivity (Wildman–Crippen MR) is 80.5 cm³/mol. The zero-order valence-electron chi connectivity index (χ0n) is 11.9. The number of nitrogens with zero attached hydrogens (tertiary/aromatic N) is 3. The van der Waals surface area contributed by atoms with E-state index in [4.69, 9.17) is 4.74 Å². The van der Waals surface area contributed by atoms with Crippen LogP contribution in [0.25, 0.3) is 0 Å². The molecule has 1 saturated heterocycles. The molecule has 0 unspecified atom stereocenters. The summed E-state index contributed by atoms with van der Waals surface area (Å²) in [5, 5.41) is 10.8. The summed E-state index contributed by atoms with van der Waals surface area (Å²) >= 11 is 0. The van der Waals surface area contributed by atoms with E-state index < -0.39 is 14.9 Å². The summed E-state index contributed by atoms with van der Waals surface area (Å²) in [6.07, 6.45) is 1.31. The van der Waals surface area contributed by atoms with Crippen molar-refractivity contribution < 1.29 is 18.1 Å². The Kier molecular flexibility index (Phi) is 3.97. The second-order valence-electron chi connectivity index (χ2n) is 4.98. The Morgan fingerprint density at radius 3 is 2.65 bits per heavy atom. The predicted octanol–water partition coefficient (Wildman–Crippen LogP) is 1.44. The van der Waals surface area contributed by atoms with E-state index in [9.17, 15) is 18.5 Å². The molecule has 0 saturated carbocycles. The summed E-state index contributed by atoms with van der Waals surface area (Å²) in [5.74, 6) is 0.435. The van der Waals surface area contributed by atoms with Crippen LogP contribution >= 0.6 is 0 Å². The first kappa shape index (κ1) is 15.4. The molecular weight excluding hydrogens is 322 g/mol. The van der Waals surface area contributed by atoms with E-state index in [1.165, 1.54) is 22.5 Å². The molecule has 1 aliphatic rings. The molecule has 0 N–H and O–H groups in total. The fraction of sp³-hybridized carbons (Fsp3) is 0.214. The van der Waals surface area contributed by atoms with Crippen molar-refractivity contribution in [3.05, 3.63) is 58.8 Å². The molecule has 1 aromatic carbocycles. The standard InChI is InChI=1S/C14H13N3O5S/c18-17(19)11-4-3-5-13(8-11)23(20,21)16-9-12(10-16)22-14-6-1-2-7-15-14/h1-8,12H,9-10H2. The van der Waals surface area contributed by atoms with E-state index in [1.54, 1.807) is 24.4 Å². The Labute approximate surface area is 132 Å². The van der Waals surface area contributed by atoms with Crippen LogP contribution in [-0.4, -0.2) is 41.8 Å². The highest BCUT2D eigenvalue weighted by molar-refractivity contribution is 7.89. The van der Waals surface area contributed by atoms with Gasteiger partial charge in [-0.1, -0.05) is 12.1 Å². The number of nitro benzene ring substituents is 1. The Morgan fingerprint density at radius 2 is 2.00 bits per heavy atom. The summed E-state index contributed by atoms with van der Waals surface area (Å²) in [5.41, 5.74) is -0.257. The maximum atomic E-state index is 12.4. The van der Waals surface area contributed by atoms with Crippen molar-refractivity contribution in [2.45, 2.75) is 11.0 Å². The molecule has 9 heteroatoms. The second-order valence-corrected chi connectivity index (χ2v) is 6.92. The molecule has 23 heavy (non-hydrogen) atoms. The lowest BCUT2D eigenvalue weighted by Gasteiger charge is -2.37. The molecule has 2 heterocycles. The lowest BCUT2D eigenvalue weighted by molar-refractivity contribution is -0.385. The Balaban J connectivity index is 1.68. The van der Waals surface area contributed by atoms with Crippen molar-refractivity contribution in [3.63, 3.8) is 0 Å². The normalized spacial score (nSPS) is 15.8.